The van der Waals surface area contributed by atoms with Gasteiger partial charge in [0.15, 0.2) is 0 Å². The summed E-state index contributed by atoms with van der Waals surface area (Å²) in [6.45, 7) is 7.24. The first-order valence-electron chi connectivity index (χ1n) is 7.61. The van der Waals surface area contributed by atoms with Crippen molar-refractivity contribution >= 4 is 5.71 Å². The SMILES string of the molecule is CC1(C)CC([NH+]2CCCCC2)=C/C(=N/n2cnnc2)C1. The lowest BCUT2D eigenvalue weighted by Crippen LogP contribution is -3.11. The molecule has 1 aromatic rings. The molecule has 0 spiro atoms. The number of rotatable bonds is 2. The Morgan fingerprint density at radius 1 is 1.10 bits per heavy atom. The molecule has 3 rings (SSSR count). The third kappa shape index (κ3) is 3.15. The maximum atomic E-state index is 4.64. The van der Waals surface area contributed by atoms with Crippen molar-refractivity contribution in [2.24, 2.45) is 10.5 Å². The second-order valence-electron chi connectivity index (χ2n) is 6.78. The summed E-state index contributed by atoms with van der Waals surface area (Å²) in [4.78, 5) is 1.67. The third-order valence-electron chi connectivity index (χ3n) is 4.23. The van der Waals surface area contributed by atoms with Gasteiger partial charge in [-0.15, -0.1) is 10.2 Å². The van der Waals surface area contributed by atoms with Gasteiger partial charge in [0.1, 0.15) is 18.4 Å². The van der Waals surface area contributed by atoms with Gasteiger partial charge >= 0.3 is 0 Å². The average Bonchev–Trinajstić information content (AvgIpc) is 2.91. The molecule has 1 saturated heterocycles. The van der Waals surface area contributed by atoms with Crippen LogP contribution in [0.1, 0.15) is 46.0 Å². The molecule has 0 amide bonds. The van der Waals surface area contributed by atoms with Gasteiger partial charge in [0, 0.05) is 12.5 Å². The summed E-state index contributed by atoms with van der Waals surface area (Å²) in [5, 5.41) is 12.3. The molecule has 20 heavy (non-hydrogen) atoms. The highest BCUT2D eigenvalue weighted by molar-refractivity contribution is 5.96. The van der Waals surface area contributed by atoms with Crippen LogP contribution >= 0.6 is 0 Å². The predicted molar refractivity (Wildman–Crippen MR) is 78.5 cm³/mol. The number of nitrogens with zero attached hydrogens (tertiary/aromatic N) is 4. The maximum Gasteiger partial charge on any atom is 0.141 e. The summed E-state index contributed by atoms with van der Waals surface area (Å²) in [7, 11) is 0. The minimum atomic E-state index is 0.293. The van der Waals surface area contributed by atoms with Gasteiger partial charge in [-0.1, -0.05) is 13.8 Å². The van der Waals surface area contributed by atoms with E-state index >= 15 is 0 Å². The number of nitrogens with one attached hydrogen (secondary N) is 1. The molecule has 2 aliphatic rings. The first-order chi connectivity index (χ1) is 9.62. The molecule has 108 valence electrons. The lowest BCUT2D eigenvalue weighted by Gasteiger charge is -2.34. The van der Waals surface area contributed by atoms with Crippen molar-refractivity contribution < 1.29 is 4.90 Å². The fraction of sp³-hybridized carbons (Fsp3) is 0.667. The minimum Gasteiger partial charge on any atom is -0.306 e. The second-order valence-corrected chi connectivity index (χ2v) is 6.78. The largest absolute Gasteiger partial charge is 0.306 e. The Morgan fingerprint density at radius 2 is 1.80 bits per heavy atom. The van der Waals surface area contributed by atoms with Crippen LogP contribution in [0.5, 0.6) is 0 Å². The Bertz CT molecular complexity index is 506. The quantitative estimate of drug-likeness (QED) is 0.882. The molecule has 1 fully saturated rings. The Kier molecular flexibility index (Phi) is 3.70. The molecule has 1 aliphatic carbocycles. The van der Waals surface area contributed by atoms with Crippen molar-refractivity contribution in [2.75, 3.05) is 13.1 Å². The van der Waals surface area contributed by atoms with Crippen LogP contribution in [0.3, 0.4) is 0 Å². The number of hydrogen-bond donors (Lipinski definition) is 1. The lowest BCUT2D eigenvalue weighted by atomic mass is 9.78. The van der Waals surface area contributed by atoms with Gasteiger partial charge in [-0.2, -0.15) is 5.10 Å². The zero-order chi connectivity index (χ0) is 14.0. The minimum absolute atomic E-state index is 0.293. The van der Waals surface area contributed by atoms with Crippen LogP contribution in [0.25, 0.3) is 0 Å². The van der Waals surface area contributed by atoms with Crippen molar-refractivity contribution in [2.45, 2.75) is 46.0 Å². The molecule has 5 heteroatoms. The van der Waals surface area contributed by atoms with Crippen LogP contribution < -0.4 is 4.90 Å². The van der Waals surface area contributed by atoms with Crippen molar-refractivity contribution in [3.05, 3.63) is 24.4 Å². The number of likely N-dealkylation sites (tertiary alicyclic amines) is 1. The van der Waals surface area contributed by atoms with E-state index < -0.39 is 0 Å². The summed E-state index contributed by atoms with van der Waals surface area (Å²) in [5.41, 5.74) is 2.98. The topological polar surface area (TPSA) is 47.5 Å². The summed E-state index contributed by atoms with van der Waals surface area (Å²) >= 11 is 0. The molecule has 5 nitrogen and oxygen atoms in total. The first kappa shape index (κ1) is 13.5. The summed E-state index contributed by atoms with van der Waals surface area (Å²) in [6.07, 6.45) is 11.9. The van der Waals surface area contributed by atoms with Crippen LogP contribution in [0.2, 0.25) is 0 Å². The monoisotopic (exact) mass is 274 g/mol. The zero-order valence-corrected chi connectivity index (χ0v) is 12.5. The number of hydrogen-bond acceptors (Lipinski definition) is 3. The van der Waals surface area contributed by atoms with Crippen molar-refractivity contribution in [1.82, 2.24) is 14.9 Å². The fourth-order valence-corrected chi connectivity index (χ4v) is 3.36. The van der Waals surface area contributed by atoms with Crippen LogP contribution in [0.4, 0.5) is 0 Å². The van der Waals surface area contributed by atoms with Crippen molar-refractivity contribution in [3.63, 3.8) is 0 Å². The molecule has 0 atom stereocenters. The lowest BCUT2D eigenvalue weighted by molar-refractivity contribution is -0.868. The van der Waals surface area contributed by atoms with Gasteiger partial charge in [0.05, 0.1) is 18.8 Å². The molecular formula is C15H24N5+. The van der Waals surface area contributed by atoms with Crippen molar-refractivity contribution in [3.8, 4) is 0 Å². The van der Waals surface area contributed by atoms with Crippen LogP contribution in [0.15, 0.2) is 29.5 Å². The standard InChI is InChI=1S/C15H23N5/c1-15(2)9-13(18-20-11-16-17-12-20)8-14(10-15)19-6-4-3-5-7-19/h8,11-12H,3-7,9-10H2,1-2H3/p+1/b18-13-. The number of piperidine rings is 1. The Morgan fingerprint density at radius 3 is 2.50 bits per heavy atom. The van der Waals surface area contributed by atoms with E-state index in [1.54, 1.807) is 22.2 Å². The Hall–Kier alpha value is -1.49. The van der Waals surface area contributed by atoms with Crippen LogP contribution in [0, 0.1) is 5.41 Å². The van der Waals surface area contributed by atoms with Gasteiger partial charge in [-0.3, -0.25) is 0 Å². The van der Waals surface area contributed by atoms with E-state index in [0.717, 1.165) is 12.1 Å². The fourth-order valence-electron chi connectivity index (χ4n) is 3.36. The normalized spacial score (nSPS) is 25.7. The number of allylic oxidation sites excluding steroid dienone is 2. The van der Waals surface area contributed by atoms with Gasteiger partial charge in [0.2, 0.25) is 0 Å². The van der Waals surface area contributed by atoms with Crippen LogP contribution in [-0.2, 0) is 0 Å². The van der Waals surface area contributed by atoms with Crippen molar-refractivity contribution in [1.29, 1.82) is 0 Å². The molecule has 1 aromatic heterocycles. The molecule has 0 unspecified atom stereocenters. The van der Waals surface area contributed by atoms with E-state index in [-0.39, 0.29) is 0 Å². The molecule has 0 saturated carbocycles. The highest BCUT2D eigenvalue weighted by Gasteiger charge is 2.32. The van der Waals surface area contributed by atoms with E-state index in [2.05, 4.69) is 35.2 Å². The number of aromatic nitrogens is 3. The molecular weight excluding hydrogens is 250 g/mol. The molecule has 0 radical (unpaired) electrons. The van der Waals surface area contributed by atoms with E-state index in [1.807, 2.05) is 0 Å². The molecule has 0 bridgehead atoms. The molecule has 2 heterocycles. The molecule has 1 aliphatic heterocycles. The zero-order valence-electron chi connectivity index (χ0n) is 12.5. The summed E-state index contributed by atoms with van der Waals surface area (Å²) in [6, 6.07) is 0. The predicted octanol–water partition coefficient (Wildman–Crippen LogP) is 1.25. The Labute approximate surface area is 120 Å². The first-order valence-corrected chi connectivity index (χ1v) is 7.61. The van der Waals surface area contributed by atoms with E-state index in [9.17, 15) is 0 Å². The third-order valence-corrected chi connectivity index (χ3v) is 4.23. The Balaban J connectivity index is 1.86. The number of quaternary nitrogens is 1. The van der Waals surface area contributed by atoms with Crippen LogP contribution in [-0.4, -0.2) is 33.7 Å². The maximum absolute atomic E-state index is 4.64. The smallest absolute Gasteiger partial charge is 0.141 e. The summed E-state index contributed by atoms with van der Waals surface area (Å²) < 4.78 is 1.70. The van der Waals surface area contributed by atoms with Gasteiger partial charge in [0.25, 0.3) is 0 Å². The molecule has 0 aromatic carbocycles. The highest BCUT2D eigenvalue weighted by Crippen LogP contribution is 2.32. The second kappa shape index (κ2) is 5.48. The van der Waals surface area contributed by atoms with E-state index in [0.29, 0.717) is 5.41 Å². The highest BCUT2D eigenvalue weighted by atomic mass is 15.4. The van der Waals surface area contributed by atoms with Gasteiger partial charge in [-0.05, 0) is 31.1 Å². The van der Waals surface area contributed by atoms with E-state index in [4.69, 9.17) is 0 Å². The van der Waals surface area contributed by atoms with Gasteiger partial charge in [-0.25, -0.2) is 4.68 Å². The molecule has 1 N–H and O–H groups in total. The van der Waals surface area contributed by atoms with E-state index in [1.165, 1.54) is 44.5 Å². The average molecular weight is 274 g/mol. The van der Waals surface area contributed by atoms with Gasteiger partial charge < -0.3 is 4.90 Å². The summed E-state index contributed by atoms with van der Waals surface area (Å²) in [5.74, 6) is 0.